The Morgan fingerprint density at radius 2 is 2.33 bits per heavy atom. The van der Waals surface area contributed by atoms with Crippen molar-refractivity contribution in [1.29, 1.82) is 0 Å². The molecule has 0 atom stereocenters. The van der Waals surface area contributed by atoms with Crippen molar-refractivity contribution in [2.45, 2.75) is 0 Å². The molecule has 0 amide bonds. The van der Waals surface area contributed by atoms with Crippen LogP contribution in [0.3, 0.4) is 0 Å². The zero-order valence-corrected chi connectivity index (χ0v) is 7.88. The minimum Gasteiger partial charge on any atom is -0.207 e. The molecule has 0 radical (unpaired) electrons. The molecule has 0 aliphatic heterocycles. The predicted molar refractivity (Wildman–Crippen MR) is 46.8 cm³/mol. The van der Waals surface area contributed by atoms with Gasteiger partial charge in [-0.2, -0.15) is 0 Å². The number of halogens is 3. The van der Waals surface area contributed by atoms with Crippen molar-refractivity contribution in [2.75, 3.05) is 0 Å². The van der Waals surface area contributed by atoms with E-state index in [1.54, 1.807) is 22.6 Å². The summed E-state index contributed by atoms with van der Waals surface area (Å²) in [5, 5.41) is 0. The monoisotopic (exact) mass is 303 g/mol. The summed E-state index contributed by atoms with van der Waals surface area (Å²) >= 11 is 4.77. The summed E-state index contributed by atoms with van der Waals surface area (Å²) in [6.07, 6.45) is 0. The highest BCUT2D eigenvalue weighted by atomic mass is 127. The second-order valence-electron chi connectivity index (χ2n) is 1.32. The van der Waals surface area contributed by atoms with Crippen LogP contribution in [-0.2, 0) is 0 Å². The van der Waals surface area contributed by atoms with Crippen LogP contribution in [0.1, 0.15) is 4.11 Å². The van der Waals surface area contributed by atoms with Gasteiger partial charge >= 0.3 is 0 Å². The molecule has 0 N–H and O–H groups in total. The molecular weight excluding hydrogens is 298 g/mol. The summed E-state index contributed by atoms with van der Waals surface area (Å²) < 4.78 is 35.1. The minimum atomic E-state index is -0.937. The summed E-state index contributed by atoms with van der Waals surface area (Å²) in [6.45, 7) is 0. The quantitative estimate of drug-likeness (QED) is 0.510. The highest BCUT2D eigenvalue weighted by Gasteiger charge is 1.95. The van der Waals surface area contributed by atoms with Crippen LogP contribution >= 0.6 is 38.5 Å². The number of hydrogen-bond donors (Lipinski definition) is 0. The summed E-state index contributed by atoms with van der Waals surface area (Å²) in [4.78, 5) is 0. The molecule has 0 spiro atoms. The molecule has 1 rings (SSSR count). The van der Waals surface area contributed by atoms with E-state index in [0.717, 1.165) is 0 Å². The zero-order valence-electron chi connectivity index (χ0n) is 7.13. The first kappa shape index (κ1) is 4.28. The lowest BCUT2D eigenvalue weighted by molar-refractivity contribution is 0.626. The van der Waals surface area contributed by atoms with Gasteiger partial charge in [-0.1, -0.05) is 0 Å². The molecule has 0 saturated carbocycles. The van der Waals surface area contributed by atoms with Crippen LogP contribution < -0.4 is 0 Å². The van der Waals surface area contributed by atoms with Gasteiger partial charge < -0.3 is 0 Å². The minimum absolute atomic E-state index is 0.215. The highest BCUT2D eigenvalue weighted by molar-refractivity contribution is 14.1. The van der Waals surface area contributed by atoms with Crippen LogP contribution in [0.15, 0.2) is 22.6 Å². The van der Waals surface area contributed by atoms with Crippen molar-refractivity contribution in [3.8, 4) is 0 Å². The van der Waals surface area contributed by atoms with Crippen molar-refractivity contribution < 1.29 is 8.50 Å². The van der Waals surface area contributed by atoms with Crippen LogP contribution in [0.2, 0.25) is 0 Å². The molecule has 0 heterocycles. The lowest BCUT2D eigenvalue weighted by Crippen LogP contribution is -1.76. The molecule has 0 aliphatic carbocycles. The average Bonchev–Trinajstić information content (AvgIpc) is 2.08. The molecule has 3 heteroatoms. The van der Waals surface area contributed by atoms with Gasteiger partial charge in [0.25, 0.3) is 0 Å². The Hall–Kier alpha value is 0.360. The van der Waals surface area contributed by atoms with E-state index in [1.165, 1.54) is 0 Å². The second-order valence-corrected chi connectivity index (χ2v) is 3.19. The van der Waals surface area contributed by atoms with Crippen LogP contribution in [0.4, 0.5) is 4.39 Å². The van der Waals surface area contributed by atoms with E-state index in [9.17, 15) is 4.39 Å². The Labute approximate surface area is 78.9 Å². The van der Waals surface area contributed by atoms with Gasteiger partial charge in [-0.25, -0.2) is 4.39 Å². The van der Waals surface area contributed by atoms with Gasteiger partial charge in [-0.15, -0.1) is 0 Å². The molecule has 0 saturated heterocycles. The first-order valence-electron chi connectivity index (χ1n) is 3.57. The van der Waals surface area contributed by atoms with E-state index in [0.29, 0.717) is 8.04 Å². The van der Waals surface area contributed by atoms with Crippen molar-refractivity contribution in [3.63, 3.8) is 0 Å². The molecule has 0 unspecified atom stereocenters. The maximum atomic E-state index is 12.9. The smallest absolute Gasteiger partial charge is 0.124 e. The summed E-state index contributed by atoms with van der Waals surface area (Å²) in [6, 6.07) is -1.08. The third kappa shape index (κ3) is 1.89. The van der Waals surface area contributed by atoms with Gasteiger partial charge in [0.05, 0.1) is 4.11 Å². The average molecular weight is 304 g/mol. The van der Waals surface area contributed by atoms with Crippen LogP contribution in [0, 0.1) is 9.39 Å². The standard InChI is InChI=1S/C6H3BrFI/c7-5-2-1-4(8)3-6(5)9/h1-3H/i1D,2D,3D. The van der Waals surface area contributed by atoms with Crippen molar-refractivity contribution >= 4 is 38.5 Å². The van der Waals surface area contributed by atoms with Crippen LogP contribution in [-0.4, -0.2) is 0 Å². The lowest BCUT2D eigenvalue weighted by atomic mass is 10.4. The fraction of sp³-hybridized carbons (Fsp3) is 0. The first-order valence-corrected chi connectivity index (χ1v) is 3.94. The normalized spacial score (nSPS) is 14.3. The molecule has 1 aromatic carbocycles. The van der Waals surface area contributed by atoms with E-state index in [1.807, 2.05) is 0 Å². The van der Waals surface area contributed by atoms with Crippen molar-refractivity contribution in [3.05, 3.63) is 32.0 Å². The van der Waals surface area contributed by atoms with Gasteiger partial charge in [0.1, 0.15) is 5.82 Å². The maximum absolute atomic E-state index is 12.9. The van der Waals surface area contributed by atoms with E-state index in [-0.39, 0.29) is 12.1 Å². The number of rotatable bonds is 0. The van der Waals surface area contributed by atoms with E-state index in [2.05, 4.69) is 15.9 Å². The summed E-state index contributed by atoms with van der Waals surface area (Å²) in [7, 11) is 0. The van der Waals surface area contributed by atoms with Crippen LogP contribution in [0.5, 0.6) is 0 Å². The van der Waals surface area contributed by atoms with Gasteiger partial charge in [-0.05, 0) is 56.6 Å². The topological polar surface area (TPSA) is 0 Å². The maximum Gasteiger partial charge on any atom is 0.124 e. The van der Waals surface area contributed by atoms with Crippen molar-refractivity contribution in [2.24, 2.45) is 0 Å². The van der Waals surface area contributed by atoms with Gasteiger partial charge in [0, 0.05) is 8.04 Å². The number of benzene rings is 1. The Kier molecular flexibility index (Phi) is 1.41. The van der Waals surface area contributed by atoms with Crippen LogP contribution in [0.25, 0.3) is 0 Å². The van der Waals surface area contributed by atoms with Gasteiger partial charge in [0.2, 0.25) is 0 Å². The summed E-state index contributed by atoms with van der Waals surface area (Å²) in [5.74, 6) is -0.937. The van der Waals surface area contributed by atoms with E-state index >= 15 is 0 Å². The Balaban J connectivity index is 3.60. The SMILES string of the molecule is [2H]c1c([2H])c(Br)c(I)c([2H])c1F. The second kappa shape index (κ2) is 2.96. The highest BCUT2D eigenvalue weighted by Crippen LogP contribution is 2.18. The largest absolute Gasteiger partial charge is 0.207 e. The molecule has 0 aromatic heterocycles. The molecule has 0 aliphatic rings. The number of hydrogen-bond acceptors (Lipinski definition) is 0. The van der Waals surface area contributed by atoms with E-state index < -0.39 is 11.9 Å². The zero-order chi connectivity index (χ0) is 9.46. The van der Waals surface area contributed by atoms with Crippen molar-refractivity contribution in [1.82, 2.24) is 0 Å². The molecule has 9 heavy (non-hydrogen) atoms. The molecule has 1 aromatic rings. The predicted octanol–water partition coefficient (Wildman–Crippen LogP) is 3.19. The Bertz CT molecular complexity index is 237. The third-order valence-electron chi connectivity index (χ3n) is 0.694. The molecule has 0 bridgehead atoms. The lowest BCUT2D eigenvalue weighted by Gasteiger charge is -1.92. The Morgan fingerprint density at radius 1 is 1.67 bits per heavy atom. The summed E-state index contributed by atoms with van der Waals surface area (Å²) in [5.41, 5.74) is 0. The third-order valence-corrected chi connectivity index (χ3v) is 2.84. The van der Waals surface area contributed by atoms with E-state index in [4.69, 9.17) is 4.11 Å². The molecule has 48 valence electrons. The Morgan fingerprint density at radius 3 is 3.00 bits per heavy atom. The molecule has 0 fully saturated rings. The van der Waals surface area contributed by atoms with Gasteiger partial charge in [-0.3, -0.25) is 0 Å². The molecular formula is C6H3BrFI. The van der Waals surface area contributed by atoms with Gasteiger partial charge in [0.15, 0.2) is 0 Å². The fourth-order valence-electron chi connectivity index (χ4n) is 0.347. The first-order chi connectivity index (χ1) is 5.46. The molecule has 0 nitrogen and oxygen atoms in total. The fourth-order valence-corrected chi connectivity index (χ4v) is 0.917.